The van der Waals surface area contributed by atoms with E-state index in [2.05, 4.69) is 0 Å². The minimum absolute atomic E-state index is 0.395. The van der Waals surface area contributed by atoms with Gasteiger partial charge in [0.15, 0.2) is 0 Å². The molecule has 0 bridgehead atoms. The summed E-state index contributed by atoms with van der Waals surface area (Å²) in [5.41, 5.74) is 6.17. The maximum absolute atomic E-state index is 11.8. The van der Waals surface area contributed by atoms with Crippen LogP contribution in [0.25, 0.3) is 0 Å². The van der Waals surface area contributed by atoms with E-state index in [4.69, 9.17) is 10.5 Å². The molecule has 6 heteroatoms. The molecule has 3 rings (SSSR count). The molecule has 1 saturated heterocycles. The Balaban J connectivity index is 1.73. The average molecular weight is 354 g/mol. The largest absolute Gasteiger partial charge is 0.489 e. The van der Waals surface area contributed by atoms with E-state index >= 15 is 0 Å². The lowest BCUT2D eigenvalue weighted by atomic mass is 9.98. The molecule has 0 saturated carbocycles. The van der Waals surface area contributed by atoms with E-state index < -0.39 is 23.6 Å². The van der Waals surface area contributed by atoms with Gasteiger partial charge in [-0.15, -0.1) is 0 Å². The number of ether oxygens (including phenoxy) is 1. The molecule has 2 amide bonds. The molecular weight excluding hydrogens is 332 g/mol. The van der Waals surface area contributed by atoms with Crippen molar-refractivity contribution in [3.8, 4) is 5.75 Å². The van der Waals surface area contributed by atoms with Crippen LogP contribution in [-0.2, 0) is 11.4 Å². The Morgan fingerprint density at radius 3 is 2.42 bits per heavy atom. The summed E-state index contributed by atoms with van der Waals surface area (Å²) in [4.78, 5) is 24.7. The number of hydrogen-bond acceptors (Lipinski definition) is 3. The molecule has 1 heterocycles. The number of benzene rings is 2. The molecule has 2 aromatic carbocycles. The van der Waals surface area contributed by atoms with Crippen LogP contribution in [0.15, 0.2) is 54.6 Å². The summed E-state index contributed by atoms with van der Waals surface area (Å²) in [6.07, 6.45) is -0.181. The molecule has 1 fully saturated rings. The van der Waals surface area contributed by atoms with Gasteiger partial charge in [-0.3, -0.25) is 9.69 Å². The first kappa shape index (κ1) is 17.8. The lowest BCUT2D eigenvalue weighted by molar-refractivity contribution is -0.127. The van der Waals surface area contributed by atoms with Gasteiger partial charge in [0.25, 0.3) is 0 Å². The van der Waals surface area contributed by atoms with Gasteiger partial charge < -0.3 is 15.6 Å². The number of nitrogens with two attached hydrogens (primary N) is 1. The maximum Gasteiger partial charge on any atom is 0.408 e. The van der Waals surface area contributed by atoms with Crippen molar-refractivity contribution in [3.63, 3.8) is 0 Å². The molecule has 0 unspecified atom stereocenters. The van der Waals surface area contributed by atoms with E-state index in [-0.39, 0.29) is 0 Å². The number of rotatable bonds is 5. The van der Waals surface area contributed by atoms with Crippen LogP contribution in [0, 0.1) is 0 Å². The van der Waals surface area contributed by atoms with Gasteiger partial charge >= 0.3 is 6.09 Å². The summed E-state index contributed by atoms with van der Waals surface area (Å²) in [7, 11) is 0. The second-order valence-electron chi connectivity index (χ2n) is 6.69. The molecule has 0 spiro atoms. The van der Waals surface area contributed by atoms with Gasteiger partial charge in [-0.25, -0.2) is 4.79 Å². The van der Waals surface area contributed by atoms with E-state index in [1.807, 2.05) is 54.6 Å². The van der Waals surface area contributed by atoms with Crippen molar-refractivity contribution >= 4 is 12.0 Å². The van der Waals surface area contributed by atoms with Crippen molar-refractivity contribution in [2.24, 2.45) is 5.73 Å². The molecule has 0 aromatic heterocycles. The molecule has 1 aliphatic rings. The highest BCUT2D eigenvalue weighted by molar-refractivity contribution is 5.88. The fraction of sp³-hybridized carbons (Fsp3) is 0.300. The van der Waals surface area contributed by atoms with Crippen LogP contribution in [0.2, 0.25) is 0 Å². The fourth-order valence-corrected chi connectivity index (χ4v) is 3.44. The summed E-state index contributed by atoms with van der Waals surface area (Å²) in [6.45, 7) is 2.05. The van der Waals surface area contributed by atoms with Gasteiger partial charge in [-0.1, -0.05) is 42.5 Å². The highest BCUT2D eigenvalue weighted by atomic mass is 16.5. The van der Waals surface area contributed by atoms with Gasteiger partial charge in [-0.2, -0.15) is 0 Å². The minimum atomic E-state index is -1.18. The first-order chi connectivity index (χ1) is 12.4. The van der Waals surface area contributed by atoms with Gasteiger partial charge in [0.1, 0.15) is 17.9 Å². The Bertz CT molecular complexity index is 791. The Morgan fingerprint density at radius 2 is 1.85 bits per heavy atom. The Morgan fingerprint density at radius 1 is 1.19 bits per heavy atom. The average Bonchev–Trinajstić information content (AvgIpc) is 3.00. The monoisotopic (exact) mass is 354 g/mol. The molecule has 3 N–H and O–H groups in total. The Hall–Kier alpha value is -3.02. The van der Waals surface area contributed by atoms with E-state index in [0.29, 0.717) is 25.2 Å². The number of carboxylic acid groups (broad SMARTS) is 1. The summed E-state index contributed by atoms with van der Waals surface area (Å²) in [5.74, 6) is 0.0837. The van der Waals surface area contributed by atoms with Crippen molar-refractivity contribution in [2.45, 2.75) is 38.0 Å². The van der Waals surface area contributed by atoms with Crippen molar-refractivity contribution in [1.29, 1.82) is 0 Å². The van der Waals surface area contributed by atoms with E-state index in [9.17, 15) is 14.7 Å². The third kappa shape index (κ3) is 3.35. The molecule has 2 aromatic rings. The number of nitrogens with zero attached hydrogens (tertiary/aromatic N) is 1. The second kappa shape index (κ2) is 7.07. The standard InChI is InChI=1S/C20H22N2O4/c1-20(18(21)23)12-11-17(22(20)19(24)25)15-7-9-16(10-8-15)26-13-14-5-3-2-4-6-14/h2-10,17H,11-13H2,1H3,(H2,21,23)(H,24,25)/t17-,20+/m1/s1. The Labute approximate surface area is 152 Å². The van der Waals surface area contributed by atoms with Crippen molar-refractivity contribution in [1.82, 2.24) is 4.90 Å². The number of likely N-dealkylation sites (tertiary alicyclic amines) is 1. The van der Waals surface area contributed by atoms with Crippen LogP contribution < -0.4 is 10.5 Å². The fourth-order valence-electron chi connectivity index (χ4n) is 3.44. The van der Waals surface area contributed by atoms with Crippen LogP contribution in [0.4, 0.5) is 4.79 Å². The zero-order chi connectivity index (χ0) is 18.7. The number of carbonyl (C=O) groups excluding carboxylic acids is 1. The minimum Gasteiger partial charge on any atom is -0.489 e. The van der Waals surface area contributed by atoms with Crippen LogP contribution in [0.1, 0.15) is 36.9 Å². The number of amides is 2. The topological polar surface area (TPSA) is 92.9 Å². The predicted octanol–water partition coefficient (Wildman–Crippen LogP) is 3.32. The quantitative estimate of drug-likeness (QED) is 0.861. The molecule has 1 aliphatic heterocycles. The van der Waals surface area contributed by atoms with Crippen LogP contribution in [0.3, 0.4) is 0 Å². The van der Waals surface area contributed by atoms with Gasteiger partial charge in [0, 0.05) is 0 Å². The zero-order valence-electron chi connectivity index (χ0n) is 14.6. The SMILES string of the molecule is C[C@@]1(C(N)=O)CC[C@H](c2ccc(OCc3ccccc3)cc2)N1C(=O)O. The van der Waals surface area contributed by atoms with Crippen LogP contribution >= 0.6 is 0 Å². The molecule has 136 valence electrons. The maximum atomic E-state index is 11.8. The first-order valence-corrected chi connectivity index (χ1v) is 8.50. The summed E-state index contributed by atoms with van der Waals surface area (Å²) >= 11 is 0. The first-order valence-electron chi connectivity index (χ1n) is 8.50. The number of primary amides is 1. The Kier molecular flexibility index (Phi) is 4.84. The lowest BCUT2D eigenvalue weighted by Gasteiger charge is -2.33. The van der Waals surface area contributed by atoms with Crippen LogP contribution in [-0.4, -0.2) is 27.5 Å². The molecule has 0 radical (unpaired) electrons. The molecule has 0 aliphatic carbocycles. The van der Waals surface area contributed by atoms with Crippen molar-refractivity contribution in [3.05, 3.63) is 65.7 Å². The summed E-state index contributed by atoms with van der Waals surface area (Å²) in [6, 6.07) is 16.8. The molecule has 6 nitrogen and oxygen atoms in total. The number of carbonyl (C=O) groups is 2. The van der Waals surface area contributed by atoms with Crippen molar-refractivity contribution < 1.29 is 19.4 Å². The van der Waals surface area contributed by atoms with Gasteiger partial charge in [0.2, 0.25) is 5.91 Å². The summed E-state index contributed by atoms with van der Waals surface area (Å²) in [5, 5.41) is 9.59. The molecule has 26 heavy (non-hydrogen) atoms. The van der Waals surface area contributed by atoms with Crippen molar-refractivity contribution in [2.75, 3.05) is 0 Å². The number of hydrogen-bond donors (Lipinski definition) is 2. The highest BCUT2D eigenvalue weighted by Gasteiger charge is 2.50. The third-order valence-corrected chi connectivity index (χ3v) is 5.00. The third-order valence-electron chi connectivity index (χ3n) is 5.00. The predicted molar refractivity (Wildman–Crippen MR) is 96.7 cm³/mol. The van der Waals surface area contributed by atoms with Crippen LogP contribution in [0.5, 0.6) is 5.75 Å². The normalized spacial score (nSPS) is 22.2. The zero-order valence-corrected chi connectivity index (χ0v) is 14.6. The molecule has 2 atom stereocenters. The highest BCUT2D eigenvalue weighted by Crippen LogP contribution is 2.42. The van der Waals surface area contributed by atoms with Gasteiger partial charge in [-0.05, 0) is 43.0 Å². The van der Waals surface area contributed by atoms with E-state index in [0.717, 1.165) is 11.1 Å². The molecular formula is C20H22N2O4. The smallest absolute Gasteiger partial charge is 0.408 e. The second-order valence-corrected chi connectivity index (χ2v) is 6.69. The van der Waals surface area contributed by atoms with E-state index in [1.54, 1.807) is 6.92 Å². The van der Waals surface area contributed by atoms with E-state index in [1.165, 1.54) is 4.90 Å². The summed E-state index contributed by atoms with van der Waals surface area (Å²) < 4.78 is 5.76. The van der Waals surface area contributed by atoms with Gasteiger partial charge in [0.05, 0.1) is 6.04 Å². The lowest BCUT2D eigenvalue weighted by Crippen LogP contribution is -2.54.